The maximum atomic E-state index is 12.7. The van der Waals surface area contributed by atoms with Crippen LogP contribution in [0.2, 0.25) is 0 Å². The van der Waals surface area contributed by atoms with Crippen LogP contribution in [0.5, 0.6) is 0 Å². The summed E-state index contributed by atoms with van der Waals surface area (Å²) in [5.74, 6) is -0.542. The molecule has 0 unspecified atom stereocenters. The summed E-state index contributed by atoms with van der Waals surface area (Å²) >= 11 is 0. The quantitative estimate of drug-likeness (QED) is 0.775. The lowest BCUT2D eigenvalue weighted by Crippen LogP contribution is -2.46. The maximum absolute atomic E-state index is 12.7. The molecule has 0 aliphatic carbocycles. The summed E-state index contributed by atoms with van der Waals surface area (Å²) in [4.78, 5) is 39.7. The summed E-state index contributed by atoms with van der Waals surface area (Å²) in [6.07, 6.45) is 1.18. The van der Waals surface area contributed by atoms with E-state index in [1.807, 2.05) is 44.2 Å². The van der Waals surface area contributed by atoms with Gasteiger partial charge in [-0.05, 0) is 39.2 Å². The van der Waals surface area contributed by atoms with Crippen LogP contribution in [0.1, 0.15) is 32.8 Å². The molecule has 0 aromatic heterocycles. The minimum atomic E-state index is -0.962. The average molecular weight is 331 g/mol. The molecular weight excluding hydrogens is 306 g/mol. The number of hydrogen-bond acceptors (Lipinski definition) is 3. The Labute approximate surface area is 142 Å². The first-order chi connectivity index (χ1) is 11.4. The van der Waals surface area contributed by atoms with Crippen LogP contribution in [0.25, 0.3) is 0 Å². The number of amides is 4. The Hall–Kier alpha value is -2.37. The lowest BCUT2D eigenvalue weighted by atomic mass is 9.93. The number of carbonyl (C=O) groups is 3. The largest absolute Gasteiger partial charge is 0.342 e. The number of aryl methyl sites for hydroxylation is 1. The van der Waals surface area contributed by atoms with Gasteiger partial charge in [-0.2, -0.15) is 0 Å². The van der Waals surface area contributed by atoms with Crippen molar-refractivity contribution < 1.29 is 14.4 Å². The minimum Gasteiger partial charge on any atom is -0.342 e. The number of rotatable bonds is 7. The Balaban J connectivity index is 2.03. The highest BCUT2D eigenvalue weighted by Gasteiger charge is 2.48. The number of nitrogens with one attached hydrogen (secondary N) is 1. The van der Waals surface area contributed by atoms with Crippen molar-refractivity contribution in [3.8, 4) is 0 Å². The van der Waals surface area contributed by atoms with Gasteiger partial charge in [0.15, 0.2) is 0 Å². The van der Waals surface area contributed by atoms with Gasteiger partial charge in [0.25, 0.3) is 5.91 Å². The van der Waals surface area contributed by atoms with Gasteiger partial charge in [-0.1, -0.05) is 30.3 Å². The predicted octanol–water partition coefficient (Wildman–Crippen LogP) is 1.80. The molecule has 2 rings (SSSR count). The molecule has 1 aromatic carbocycles. The molecule has 1 N–H and O–H groups in total. The molecule has 1 fully saturated rings. The second kappa shape index (κ2) is 7.47. The molecule has 24 heavy (non-hydrogen) atoms. The highest BCUT2D eigenvalue weighted by atomic mass is 16.2. The molecule has 1 aliphatic rings. The fourth-order valence-electron chi connectivity index (χ4n) is 2.91. The molecule has 1 atom stereocenters. The fraction of sp³-hybridized carbons (Fsp3) is 0.500. The Morgan fingerprint density at radius 3 is 2.38 bits per heavy atom. The molecule has 0 spiro atoms. The molecule has 130 valence electrons. The molecular formula is C18H25N3O3. The monoisotopic (exact) mass is 331 g/mol. The van der Waals surface area contributed by atoms with E-state index in [9.17, 15) is 14.4 Å². The van der Waals surface area contributed by atoms with Crippen molar-refractivity contribution in [2.45, 2.75) is 39.2 Å². The molecule has 1 saturated heterocycles. The van der Waals surface area contributed by atoms with E-state index < -0.39 is 11.6 Å². The lowest BCUT2D eigenvalue weighted by Gasteiger charge is -2.23. The fourth-order valence-corrected chi connectivity index (χ4v) is 2.91. The van der Waals surface area contributed by atoms with Crippen LogP contribution < -0.4 is 5.32 Å². The number of benzene rings is 1. The number of nitrogens with zero attached hydrogens (tertiary/aromatic N) is 2. The van der Waals surface area contributed by atoms with Gasteiger partial charge in [-0.25, -0.2) is 4.79 Å². The van der Waals surface area contributed by atoms with Crippen molar-refractivity contribution in [2.75, 3.05) is 19.6 Å². The maximum Gasteiger partial charge on any atom is 0.325 e. The van der Waals surface area contributed by atoms with Gasteiger partial charge in [0, 0.05) is 13.1 Å². The summed E-state index contributed by atoms with van der Waals surface area (Å²) in [5, 5.41) is 2.75. The van der Waals surface area contributed by atoms with Gasteiger partial charge in [-0.3, -0.25) is 14.5 Å². The van der Waals surface area contributed by atoms with Crippen molar-refractivity contribution in [3.05, 3.63) is 35.9 Å². The summed E-state index contributed by atoms with van der Waals surface area (Å²) in [6, 6.07) is 9.33. The van der Waals surface area contributed by atoms with Gasteiger partial charge in [0.2, 0.25) is 5.91 Å². The number of urea groups is 1. The predicted molar refractivity (Wildman–Crippen MR) is 91.3 cm³/mol. The zero-order valence-electron chi connectivity index (χ0n) is 14.5. The van der Waals surface area contributed by atoms with Crippen molar-refractivity contribution in [1.29, 1.82) is 0 Å². The molecule has 0 bridgehead atoms. The molecule has 1 heterocycles. The third-order valence-corrected chi connectivity index (χ3v) is 4.51. The van der Waals surface area contributed by atoms with Crippen molar-refractivity contribution in [2.24, 2.45) is 0 Å². The zero-order chi connectivity index (χ0) is 17.7. The van der Waals surface area contributed by atoms with Gasteiger partial charge >= 0.3 is 6.03 Å². The van der Waals surface area contributed by atoms with E-state index in [0.29, 0.717) is 25.9 Å². The van der Waals surface area contributed by atoms with Crippen molar-refractivity contribution in [1.82, 2.24) is 15.1 Å². The van der Waals surface area contributed by atoms with Crippen molar-refractivity contribution in [3.63, 3.8) is 0 Å². The summed E-state index contributed by atoms with van der Waals surface area (Å²) < 4.78 is 0. The van der Waals surface area contributed by atoms with Gasteiger partial charge in [0.1, 0.15) is 12.1 Å². The van der Waals surface area contributed by atoms with Crippen LogP contribution in [0.15, 0.2) is 30.3 Å². The molecule has 0 saturated carbocycles. The number of hydrogen-bond donors (Lipinski definition) is 1. The number of carbonyl (C=O) groups excluding carboxylic acids is 3. The summed E-state index contributed by atoms with van der Waals surface area (Å²) in [7, 11) is 0. The van der Waals surface area contributed by atoms with Gasteiger partial charge in [-0.15, -0.1) is 0 Å². The zero-order valence-corrected chi connectivity index (χ0v) is 14.5. The Kier molecular flexibility index (Phi) is 5.59. The van der Waals surface area contributed by atoms with Crippen molar-refractivity contribution >= 4 is 17.8 Å². The van der Waals surface area contributed by atoms with E-state index in [0.717, 1.165) is 10.5 Å². The second-order valence-corrected chi connectivity index (χ2v) is 6.21. The third-order valence-electron chi connectivity index (χ3n) is 4.51. The molecule has 4 amide bonds. The van der Waals surface area contributed by atoms with E-state index in [2.05, 4.69) is 5.32 Å². The Morgan fingerprint density at radius 2 is 1.79 bits per heavy atom. The average Bonchev–Trinajstić information content (AvgIpc) is 2.79. The summed E-state index contributed by atoms with van der Waals surface area (Å²) in [6.45, 7) is 6.38. The number of imide groups is 1. The summed E-state index contributed by atoms with van der Waals surface area (Å²) in [5.41, 5.74) is 0.148. The van der Waals surface area contributed by atoms with E-state index in [1.165, 1.54) is 0 Å². The topological polar surface area (TPSA) is 69.7 Å². The Bertz CT molecular complexity index is 613. The first-order valence-electron chi connectivity index (χ1n) is 8.37. The standard InChI is InChI=1S/C18H25N3O3/c1-4-20(5-2)15(22)13-21-16(23)18(3,19-17(21)24)12-11-14-9-7-6-8-10-14/h6-10H,4-5,11-13H2,1-3H3,(H,19,24)/t18-/m0/s1. The van der Waals surface area contributed by atoms with Crippen LogP contribution in [0.4, 0.5) is 4.79 Å². The van der Waals surface area contributed by atoms with Gasteiger partial charge in [0.05, 0.1) is 0 Å². The Morgan fingerprint density at radius 1 is 1.17 bits per heavy atom. The van der Waals surface area contributed by atoms with E-state index in [1.54, 1.807) is 11.8 Å². The highest BCUT2D eigenvalue weighted by molar-refractivity contribution is 6.08. The van der Waals surface area contributed by atoms with Crippen LogP contribution in [-0.2, 0) is 16.0 Å². The van der Waals surface area contributed by atoms with Crippen LogP contribution in [0.3, 0.4) is 0 Å². The van der Waals surface area contributed by atoms with Crippen LogP contribution in [0, 0.1) is 0 Å². The van der Waals surface area contributed by atoms with Crippen LogP contribution >= 0.6 is 0 Å². The van der Waals surface area contributed by atoms with Crippen LogP contribution in [-0.4, -0.2) is 52.8 Å². The lowest BCUT2D eigenvalue weighted by molar-refractivity contribution is -0.138. The minimum absolute atomic E-state index is 0.201. The number of likely N-dealkylation sites (N-methyl/N-ethyl adjacent to an activating group) is 1. The highest BCUT2D eigenvalue weighted by Crippen LogP contribution is 2.23. The third kappa shape index (κ3) is 3.75. The SMILES string of the molecule is CCN(CC)C(=O)CN1C(=O)N[C@@](C)(CCc2ccccc2)C1=O. The molecule has 0 radical (unpaired) electrons. The van der Waals surface area contributed by atoms with E-state index >= 15 is 0 Å². The normalized spacial score (nSPS) is 20.2. The molecule has 6 heteroatoms. The molecule has 1 aliphatic heterocycles. The van der Waals surface area contributed by atoms with E-state index in [-0.39, 0.29) is 18.4 Å². The molecule has 6 nitrogen and oxygen atoms in total. The smallest absolute Gasteiger partial charge is 0.325 e. The molecule has 1 aromatic rings. The first-order valence-corrected chi connectivity index (χ1v) is 8.37. The second-order valence-electron chi connectivity index (χ2n) is 6.21. The first kappa shape index (κ1) is 18.0. The van der Waals surface area contributed by atoms with E-state index in [4.69, 9.17) is 0 Å². The van der Waals surface area contributed by atoms with Gasteiger partial charge < -0.3 is 10.2 Å².